The highest BCUT2D eigenvalue weighted by atomic mass is 32.1. The van der Waals surface area contributed by atoms with Crippen LogP contribution in [0.25, 0.3) is 22.3 Å². The summed E-state index contributed by atoms with van der Waals surface area (Å²) >= 11 is 2.91. The molecule has 0 aromatic carbocycles. The topological polar surface area (TPSA) is 43.4 Å². The lowest BCUT2D eigenvalue weighted by atomic mass is 10.1. The lowest BCUT2D eigenvalue weighted by Gasteiger charge is -1.92. The molecule has 4 rings (SSSR count). The van der Waals surface area contributed by atoms with E-state index >= 15 is 0 Å². The van der Waals surface area contributed by atoms with Gasteiger partial charge in [0.1, 0.15) is 0 Å². The van der Waals surface area contributed by atoms with Gasteiger partial charge in [-0.1, -0.05) is 0 Å². The van der Waals surface area contributed by atoms with Crippen molar-refractivity contribution < 1.29 is 13.6 Å². The number of hydrogen-bond acceptors (Lipinski definition) is 5. The second-order valence-electron chi connectivity index (χ2n) is 4.75. The molecule has 0 radical (unpaired) electrons. The fourth-order valence-corrected chi connectivity index (χ4v) is 4.00. The summed E-state index contributed by atoms with van der Waals surface area (Å²) in [7, 11) is 0. The Hall–Kier alpha value is -2.37. The van der Waals surface area contributed by atoms with E-state index in [-0.39, 0.29) is 5.78 Å². The highest BCUT2D eigenvalue weighted by Gasteiger charge is 2.16. The molecule has 0 aliphatic carbocycles. The van der Waals surface area contributed by atoms with Gasteiger partial charge in [0.25, 0.3) is 0 Å². The predicted octanol–water partition coefficient (Wildman–Crippen LogP) is 5.56. The summed E-state index contributed by atoms with van der Waals surface area (Å²) in [5, 5.41) is 3.95. The normalized spacial score (nSPS) is 10.9. The van der Waals surface area contributed by atoms with E-state index in [1.54, 1.807) is 25.1 Å². The van der Waals surface area contributed by atoms with Gasteiger partial charge in [-0.2, -0.15) is 0 Å². The molecule has 4 heterocycles. The first-order chi connectivity index (χ1) is 10.8. The van der Waals surface area contributed by atoms with Crippen LogP contribution in [0.2, 0.25) is 0 Å². The third-order valence-electron chi connectivity index (χ3n) is 3.36. The van der Waals surface area contributed by atoms with Gasteiger partial charge < -0.3 is 8.83 Å². The molecule has 0 saturated carbocycles. The molecule has 108 valence electrons. The second-order valence-corrected chi connectivity index (χ2v) is 6.57. The van der Waals surface area contributed by atoms with Crippen molar-refractivity contribution in [2.24, 2.45) is 0 Å². The zero-order valence-electron chi connectivity index (χ0n) is 11.3. The van der Waals surface area contributed by atoms with Crippen molar-refractivity contribution in [3.8, 4) is 22.3 Å². The molecule has 0 bridgehead atoms. The van der Waals surface area contributed by atoms with Crippen LogP contribution >= 0.6 is 22.7 Å². The van der Waals surface area contributed by atoms with Gasteiger partial charge in [0.2, 0.25) is 5.78 Å². The average molecular weight is 326 g/mol. The van der Waals surface area contributed by atoms with Crippen LogP contribution in [0.3, 0.4) is 0 Å². The molecule has 0 unspecified atom stereocenters. The first-order valence-electron chi connectivity index (χ1n) is 6.58. The molecule has 0 saturated heterocycles. The third-order valence-corrected chi connectivity index (χ3v) is 5.21. The maximum absolute atomic E-state index is 12.6. The van der Waals surface area contributed by atoms with Crippen LogP contribution in [0.1, 0.15) is 14.5 Å². The van der Waals surface area contributed by atoms with Crippen molar-refractivity contribution in [1.29, 1.82) is 0 Å². The zero-order valence-corrected chi connectivity index (χ0v) is 12.9. The van der Waals surface area contributed by atoms with E-state index in [1.165, 1.54) is 22.7 Å². The van der Waals surface area contributed by atoms with Crippen molar-refractivity contribution in [3.63, 3.8) is 0 Å². The van der Waals surface area contributed by atoms with Crippen LogP contribution in [0.15, 0.2) is 68.9 Å². The van der Waals surface area contributed by atoms with Gasteiger partial charge in [0.05, 0.1) is 34.8 Å². The molecular weight excluding hydrogens is 316 g/mol. The van der Waals surface area contributed by atoms with Crippen LogP contribution < -0.4 is 0 Å². The number of hydrogen-bond donors (Lipinski definition) is 0. The summed E-state index contributed by atoms with van der Waals surface area (Å²) in [5.41, 5.74) is 3.99. The lowest BCUT2D eigenvalue weighted by Crippen LogP contribution is -1.94. The molecule has 4 aromatic heterocycles. The first-order valence-corrected chi connectivity index (χ1v) is 8.34. The van der Waals surface area contributed by atoms with Gasteiger partial charge in [-0.15, -0.1) is 22.7 Å². The minimum Gasteiger partial charge on any atom is -0.472 e. The number of furan rings is 2. The second kappa shape index (κ2) is 5.44. The Morgan fingerprint density at radius 1 is 0.773 bits per heavy atom. The Morgan fingerprint density at radius 3 is 1.68 bits per heavy atom. The minimum absolute atomic E-state index is 0.0551. The van der Waals surface area contributed by atoms with Crippen LogP contribution in [0.4, 0.5) is 0 Å². The van der Waals surface area contributed by atoms with E-state index in [0.29, 0.717) is 0 Å². The van der Waals surface area contributed by atoms with Crippen LogP contribution in [-0.2, 0) is 0 Å². The van der Waals surface area contributed by atoms with E-state index in [1.807, 2.05) is 35.0 Å². The molecular formula is C17H10O3S2. The van der Waals surface area contributed by atoms with Crippen molar-refractivity contribution in [2.45, 2.75) is 0 Å². The number of carbonyl (C=O) groups is 1. The summed E-state index contributed by atoms with van der Waals surface area (Å²) in [6.45, 7) is 0. The molecule has 22 heavy (non-hydrogen) atoms. The quantitative estimate of drug-likeness (QED) is 0.461. The fourth-order valence-electron chi connectivity index (χ4n) is 2.19. The Kier molecular flexibility index (Phi) is 3.29. The molecule has 0 amide bonds. The molecule has 3 nitrogen and oxygen atoms in total. The number of ketones is 1. The number of thiophene rings is 2. The molecule has 0 atom stereocenters. The SMILES string of the molecule is O=C(c1cc(-c2ccoc2)cs1)c1cc(-c2ccoc2)cs1. The van der Waals surface area contributed by atoms with E-state index in [0.717, 1.165) is 32.0 Å². The van der Waals surface area contributed by atoms with Crippen LogP contribution in [0.5, 0.6) is 0 Å². The van der Waals surface area contributed by atoms with Crippen LogP contribution in [0, 0.1) is 0 Å². The van der Waals surface area contributed by atoms with Crippen molar-refractivity contribution in [1.82, 2.24) is 0 Å². The Balaban J connectivity index is 1.62. The monoisotopic (exact) mass is 326 g/mol. The largest absolute Gasteiger partial charge is 0.472 e. The van der Waals surface area contributed by atoms with Gasteiger partial charge >= 0.3 is 0 Å². The van der Waals surface area contributed by atoms with E-state index in [4.69, 9.17) is 8.83 Å². The van der Waals surface area contributed by atoms with Crippen LogP contribution in [-0.4, -0.2) is 5.78 Å². The fraction of sp³-hybridized carbons (Fsp3) is 0. The van der Waals surface area contributed by atoms with Gasteiger partial charge in [0.15, 0.2) is 0 Å². The summed E-state index contributed by atoms with van der Waals surface area (Å²) < 4.78 is 10.2. The van der Waals surface area contributed by atoms with Gasteiger partial charge in [-0.3, -0.25) is 4.79 Å². The molecule has 0 N–H and O–H groups in total. The first kappa shape index (κ1) is 13.3. The van der Waals surface area contributed by atoms with Crippen molar-refractivity contribution in [2.75, 3.05) is 0 Å². The Bertz CT molecular complexity index is 821. The zero-order chi connectivity index (χ0) is 14.9. The van der Waals surface area contributed by atoms with Crippen molar-refractivity contribution in [3.05, 3.63) is 69.8 Å². The molecule has 0 spiro atoms. The summed E-state index contributed by atoms with van der Waals surface area (Å²) in [5.74, 6) is 0.0551. The molecule has 0 fully saturated rings. The van der Waals surface area contributed by atoms with Gasteiger partial charge in [0, 0.05) is 11.1 Å². The number of rotatable bonds is 4. The maximum Gasteiger partial charge on any atom is 0.212 e. The van der Waals surface area contributed by atoms with E-state index < -0.39 is 0 Å². The maximum atomic E-state index is 12.6. The summed E-state index contributed by atoms with van der Waals surface area (Å²) in [4.78, 5) is 14.1. The van der Waals surface area contributed by atoms with E-state index in [9.17, 15) is 4.79 Å². The highest BCUT2D eigenvalue weighted by molar-refractivity contribution is 7.16. The Labute approximate surface area is 134 Å². The third kappa shape index (κ3) is 2.34. The standard InChI is InChI=1S/C17H10O3S2/c18-17(15-5-13(9-21-15)11-1-3-19-7-11)16-6-14(10-22-16)12-2-4-20-8-12/h1-10H. The average Bonchev–Trinajstić information content (AvgIpc) is 3.35. The van der Waals surface area contributed by atoms with E-state index in [2.05, 4.69) is 0 Å². The molecule has 0 aliphatic heterocycles. The molecule has 5 heteroatoms. The van der Waals surface area contributed by atoms with Gasteiger partial charge in [-0.25, -0.2) is 0 Å². The molecule has 4 aromatic rings. The minimum atomic E-state index is 0.0551. The van der Waals surface area contributed by atoms with Gasteiger partial charge in [-0.05, 0) is 46.2 Å². The summed E-state index contributed by atoms with van der Waals surface area (Å²) in [6.07, 6.45) is 6.62. The smallest absolute Gasteiger partial charge is 0.212 e. The number of carbonyl (C=O) groups excluding carboxylic acids is 1. The Morgan fingerprint density at radius 2 is 1.27 bits per heavy atom. The summed E-state index contributed by atoms with van der Waals surface area (Å²) in [6, 6.07) is 7.60. The highest BCUT2D eigenvalue weighted by Crippen LogP contribution is 2.31. The lowest BCUT2D eigenvalue weighted by molar-refractivity contribution is 0.104. The molecule has 0 aliphatic rings. The predicted molar refractivity (Wildman–Crippen MR) is 87.5 cm³/mol. The van der Waals surface area contributed by atoms with Crippen molar-refractivity contribution >= 4 is 28.5 Å².